The third-order valence-corrected chi connectivity index (χ3v) is 0.902. The van der Waals surface area contributed by atoms with Crippen LogP contribution in [0.15, 0.2) is 0 Å². The molecule has 0 saturated carbocycles. The van der Waals surface area contributed by atoms with Crippen LogP contribution in [0.3, 0.4) is 0 Å². The molecule has 0 aromatic carbocycles. The van der Waals surface area contributed by atoms with Crippen molar-refractivity contribution in [3.63, 3.8) is 0 Å². The van der Waals surface area contributed by atoms with Gasteiger partial charge in [0.25, 0.3) is 0 Å². The summed E-state index contributed by atoms with van der Waals surface area (Å²) in [6, 6.07) is 0. The largest absolute Gasteiger partial charge is 0.469 e. The van der Waals surface area contributed by atoms with Crippen molar-refractivity contribution >= 4 is 43.2 Å². The van der Waals surface area contributed by atoms with Crippen LogP contribution in [0.25, 0.3) is 0 Å². The first-order valence-corrected chi connectivity index (χ1v) is 9.45. The monoisotopic (exact) mass is 384 g/mol. The van der Waals surface area contributed by atoms with Gasteiger partial charge in [-0.3, -0.25) is 4.79 Å². The third kappa shape index (κ3) is 13.9. The van der Waals surface area contributed by atoms with E-state index in [-0.39, 0.29) is 11.4 Å². The first-order chi connectivity index (χ1) is 4.95. The van der Waals surface area contributed by atoms with Crippen molar-refractivity contribution in [1.29, 1.82) is 0 Å². The molecule has 0 amide bonds. The molecule has 0 fully saturated rings. The van der Waals surface area contributed by atoms with Crippen molar-refractivity contribution in [1.82, 2.24) is 0 Å². The van der Waals surface area contributed by atoms with Crippen LogP contribution in [-0.2, 0) is 9.53 Å². The Bertz CT molecular complexity index is 107. The Morgan fingerprint density at radius 2 is 1.73 bits per heavy atom. The van der Waals surface area contributed by atoms with Gasteiger partial charge in [0, 0.05) is 37.2 Å². The molecule has 0 aliphatic carbocycles. The Labute approximate surface area is 91.8 Å². The lowest BCUT2D eigenvalue weighted by Crippen LogP contribution is -2.13. The molecule has 4 heteroatoms. The van der Waals surface area contributed by atoms with Gasteiger partial charge in [-0.15, -0.1) is 0 Å². The molecule has 0 unspecified atom stereocenters. The van der Waals surface area contributed by atoms with E-state index in [0.717, 1.165) is 0 Å². The number of hydrogen-bond donors (Lipinski definition) is 0. The van der Waals surface area contributed by atoms with E-state index in [1.807, 2.05) is 20.8 Å². The van der Waals surface area contributed by atoms with E-state index in [0.29, 0.717) is 6.42 Å². The van der Waals surface area contributed by atoms with Crippen LogP contribution in [-0.4, -0.2) is 13.1 Å². The fourth-order valence-corrected chi connectivity index (χ4v) is 0.505. The van der Waals surface area contributed by atoms with Gasteiger partial charge >= 0.3 is 5.97 Å². The molecule has 0 aliphatic heterocycles. The van der Waals surface area contributed by atoms with Gasteiger partial charge in [0.05, 0.1) is 13.5 Å². The Hall–Kier alpha value is 0.930. The number of methoxy groups -OCH3 is 1. The minimum Gasteiger partial charge on any atom is -0.469 e. The normalized spacial score (nSPS) is 9.64. The molecule has 0 heterocycles. The van der Waals surface area contributed by atoms with Crippen molar-refractivity contribution in [3.8, 4) is 0 Å². The van der Waals surface area contributed by atoms with E-state index >= 15 is 0 Å². The minimum absolute atomic E-state index is 0.0487. The van der Waals surface area contributed by atoms with Crippen LogP contribution in [0.4, 0.5) is 0 Å². The Balaban J connectivity index is 0. The number of rotatable bonds is 1. The van der Waals surface area contributed by atoms with Crippen molar-refractivity contribution < 1.29 is 9.53 Å². The van der Waals surface area contributed by atoms with Gasteiger partial charge in [-0.05, 0) is 5.41 Å². The standard InChI is InChI=1S/C7H14O2.I2/c1-7(2,3)5-6(8)9-4;1-2/h5H2,1-4H3;. The van der Waals surface area contributed by atoms with E-state index < -0.39 is 0 Å². The predicted octanol–water partition coefficient (Wildman–Crippen LogP) is 3.37. The van der Waals surface area contributed by atoms with Crippen LogP contribution in [0.5, 0.6) is 0 Å². The highest BCUT2D eigenvalue weighted by Gasteiger charge is 2.15. The summed E-state index contributed by atoms with van der Waals surface area (Å²) < 4.78 is 4.49. The molecule has 0 aromatic heterocycles. The first-order valence-electron chi connectivity index (χ1n) is 3.17. The topological polar surface area (TPSA) is 26.3 Å². The lowest BCUT2D eigenvalue weighted by atomic mass is 9.93. The van der Waals surface area contributed by atoms with Gasteiger partial charge in [-0.2, -0.15) is 0 Å². The Morgan fingerprint density at radius 1 is 1.36 bits per heavy atom. The van der Waals surface area contributed by atoms with Gasteiger partial charge in [0.1, 0.15) is 0 Å². The molecule has 11 heavy (non-hydrogen) atoms. The fourth-order valence-electron chi connectivity index (χ4n) is 0.505. The fraction of sp³-hybridized carbons (Fsp3) is 0.857. The highest BCUT2D eigenvalue weighted by molar-refractivity contribution is 15.0. The maximum absolute atomic E-state index is 10.6. The van der Waals surface area contributed by atoms with Crippen LogP contribution in [0.2, 0.25) is 0 Å². The summed E-state index contributed by atoms with van der Waals surface area (Å²) in [5, 5.41) is 0. The molecular weight excluding hydrogens is 370 g/mol. The Morgan fingerprint density at radius 3 is 1.82 bits per heavy atom. The Kier molecular flexibility index (Phi) is 9.95. The molecule has 0 radical (unpaired) electrons. The van der Waals surface area contributed by atoms with Gasteiger partial charge < -0.3 is 4.74 Å². The zero-order valence-electron chi connectivity index (χ0n) is 7.28. The molecule has 2 nitrogen and oxygen atoms in total. The van der Waals surface area contributed by atoms with Crippen molar-refractivity contribution in [2.75, 3.05) is 7.11 Å². The summed E-state index contributed by atoms with van der Waals surface area (Å²) >= 11 is 4.24. The summed E-state index contributed by atoms with van der Waals surface area (Å²) in [7, 11) is 1.41. The summed E-state index contributed by atoms with van der Waals surface area (Å²) in [6.45, 7) is 6.01. The molecule has 0 aromatic rings. The number of esters is 1. The number of ether oxygens (including phenoxy) is 1. The third-order valence-electron chi connectivity index (χ3n) is 0.902. The molecule has 0 saturated heterocycles. The van der Waals surface area contributed by atoms with Crippen LogP contribution in [0.1, 0.15) is 27.2 Å². The van der Waals surface area contributed by atoms with E-state index in [9.17, 15) is 4.79 Å². The summed E-state index contributed by atoms with van der Waals surface area (Å²) in [6.07, 6.45) is 0.490. The average molecular weight is 384 g/mol. The zero-order valence-corrected chi connectivity index (χ0v) is 11.6. The molecular formula is C7H14I2O2. The molecule has 0 aliphatic rings. The number of halogens is 2. The molecule has 0 atom stereocenters. The van der Waals surface area contributed by atoms with Gasteiger partial charge in [-0.1, -0.05) is 20.8 Å². The van der Waals surface area contributed by atoms with Gasteiger partial charge in [0.15, 0.2) is 0 Å². The second kappa shape index (κ2) is 7.57. The number of carbonyl (C=O) groups is 1. The number of carbonyl (C=O) groups excluding carboxylic acids is 1. The van der Waals surface area contributed by atoms with Gasteiger partial charge in [-0.25, -0.2) is 0 Å². The molecule has 0 N–H and O–H groups in total. The van der Waals surface area contributed by atoms with Crippen LogP contribution >= 0.6 is 37.2 Å². The van der Waals surface area contributed by atoms with Crippen LogP contribution < -0.4 is 0 Å². The lowest BCUT2D eigenvalue weighted by molar-refractivity contribution is -0.142. The second-order valence-electron chi connectivity index (χ2n) is 3.31. The zero-order chi connectivity index (χ0) is 9.49. The molecule has 0 bridgehead atoms. The highest BCUT2D eigenvalue weighted by Crippen LogP contribution is 2.18. The van der Waals surface area contributed by atoms with E-state index in [2.05, 4.69) is 42.0 Å². The first kappa shape index (κ1) is 14.5. The van der Waals surface area contributed by atoms with Crippen molar-refractivity contribution in [2.24, 2.45) is 5.41 Å². The maximum atomic E-state index is 10.6. The summed E-state index contributed by atoms with van der Waals surface area (Å²) in [5.41, 5.74) is 0.0487. The van der Waals surface area contributed by atoms with Crippen molar-refractivity contribution in [2.45, 2.75) is 27.2 Å². The van der Waals surface area contributed by atoms with Crippen LogP contribution in [0, 0.1) is 5.41 Å². The minimum atomic E-state index is -0.137. The van der Waals surface area contributed by atoms with Gasteiger partial charge in [0.2, 0.25) is 0 Å². The smallest absolute Gasteiger partial charge is 0.306 e. The van der Waals surface area contributed by atoms with E-state index in [4.69, 9.17) is 0 Å². The van der Waals surface area contributed by atoms with E-state index in [1.54, 1.807) is 0 Å². The molecule has 0 spiro atoms. The highest BCUT2D eigenvalue weighted by atomic mass is 128. The van der Waals surface area contributed by atoms with Crippen molar-refractivity contribution in [3.05, 3.63) is 0 Å². The summed E-state index contributed by atoms with van der Waals surface area (Å²) in [5.74, 6) is -0.137. The average Bonchev–Trinajstić information content (AvgIpc) is 1.89. The molecule has 68 valence electrons. The maximum Gasteiger partial charge on any atom is 0.306 e. The number of hydrogen-bond acceptors (Lipinski definition) is 2. The van der Waals surface area contributed by atoms with E-state index in [1.165, 1.54) is 7.11 Å². The second-order valence-corrected chi connectivity index (χ2v) is 3.31. The lowest BCUT2D eigenvalue weighted by Gasteiger charge is -2.14. The predicted molar refractivity (Wildman–Crippen MR) is 64.1 cm³/mol. The summed E-state index contributed by atoms with van der Waals surface area (Å²) in [4.78, 5) is 10.6. The molecule has 0 rings (SSSR count). The SMILES string of the molecule is COC(=O)CC(C)(C)C.II. The quantitative estimate of drug-likeness (QED) is 0.512.